The number of nitrogens with one attached hydrogen (secondary N) is 2. The zero-order chi connectivity index (χ0) is 24.6. The maximum atomic E-state index is 13.0. The predicted octanol–water partition coefficient (Wildman–Crippen LogP) is 4.06. The number of imide groups is 1. The smallest absolute Gasteiger partial charge is 0.255 e. The average Bonchev–Trinajstić information content (AvgIpc) is 3.59. The topological polar surface area (TPSA) is 78.5 Å². The molecule has 2 aliphatic heterocycles. The molecule has 3 fully saturated rings. The standard InChI is InChI=1S/C29H33N3O3S/c33-27-11-10-25(28(34)31-27)32-16-23-22(29(32)35)2-1-3-26(23)36-17-19-6-4-18(5-7-19)12-13-30-24-15-20-8-9-21(24)14-20/h1-7,20-21,24-25,30H,8-17H2,(H,31,33,34)/t20?,21?,24-,25?/m0/s1. The predicted molar refractivity (Wildman–Crippen MR) is 139 cm³/mol. The minimum atomic E-state index is -0.577. The lowest BCUT2D eigenvalue weighted by atomic mass is 9.95. The maximum Gasteiger partial charge on any atom is 0.255 e. The Labute approximate surface area is 216 Å². The van der Waals surface area contributed by atoms with Crippen molar-refractivity contribution in [3.05, 3.63) is 64.7 Å². The molecule has 4 aliphatic rings. The summed E-state index contributed by atoms with van der Waals surface area (Å²) in [6.07, 6.45) is 7.40. The van der Waals surface area contributed by atoms with Crippen molar-refractivity contribution in [1.82, 2.24) is 15.5 Å². The summed E-state index contributed by atoms with van der Waals surface area (Å²) >= 11 is 1.73. The van der Waals surface area contributed by atoms with Crippen LogP contribution in [0.4, 0.5) is 0 Å². The van der Waals surface area contributed by atoms with Crippen LogP contribution >= 0.6 is 11.8 Å². The summed E-state index contributed by atoms with van der Waals surface area (Å²) in [7, 11) is 0. The molecule has 4 atom stereocenters. The fourth-order valence-corrected chi connectivity index (χ4v) is 7.59. The first-order valence-electron chi connectivity index (χ1n) is 13.3. The highest BCUT2D eigenvalue weighted by atomic mass is 32.2. The molecule has 2 saturated carbocycles. The van der Waals surface area contributed by atoms with Crippen LogP contribution < -0.4 is 10.6 Å². The largest absolute Gasteiger partial charge is 0.322 e. The molecule has 2 aromatic carbocycles. The lowest BCUT2D eigenvalue weighted by Crippen LogP contribution is -2.52. The number of carbonyl (C=O) groups excluding carboxylic acids is 3. The maximum absolute atomic E-state index is 13.0. The quantitative estimate of drug-likeness (QED) is 0.420. The highest BCUT2D eigenvalue weighted by Crippen LogP contribution is 2.44. The molecule has 2 aliphatic carbocycles. The summed E-state index contributed by atoms with van der Waals surface area (Å²) < 4.78 is 0. The highest BCUT2D eigenvalue weighted by molar-refractivity contribution is 7.98. The van der Waals surface area contributed by atoms with Crippen molar-refractivity contribution < 1.29 is 14.4 Å². The second-order valence-electron chi connectivity index (χ2n) is 10.8. The van der Waals surface area contributed by atoms with Gasteiger partial charge >= 0.3 is 0 Å². The van der Waals surface area contributed by atoms with Gasteiger partial charge in [-0.05, 0) is 79.3 Å². The van der Waals surface area contributed by atoms with E-state index in [2.05, 4.69) is 41.0 Å². The molecule has 2 bridgehead atoms. The summed E-state index contributed by atoms with van der Waals surface area (Å²) in [5, 5.41) is 6.18. The molecule has 6 nitrogen and oxygen atoms in total. The number of amides is 3. The van der Waals surface area contributed by atoms with Crippen molar-refractivity contribution in [2.24, 2.45) is 11.8 Å². The van der Waals surface area contributed by atoms with Crippen molar-refractivity contribution >= 4 is 29.5 Å². The van der Waals surface area contributed by atoms with E-state index >= 15 is 0 Å². The summed E-state index contributed by atoms with van der Waals surface area (Å²) in [5.41, 5.74) is 4.28. The van der Waals surface area contributed by atoms with Crippen LogP contribution in [0.3, 0.4) is 0 Å². The van der Waals surface area contributed by atoms with Crippen LogP contribution in [0.2, 0.25) is 0 Å². The van der Waals surface area contributed by atoms with Crippen LogP contribution in [-0.2, 0) is 28.3 Å². The van der Waals surface area contributed by atoms with E-state index in [1.807, 2.05) is 12.1 Å². The number of piperidine rings is 1. The summed E-state index contributed by atoms with van der Waals surface area (Å²) in [4.78, 5) is 39.6. The first kappa shape index (κ1) is 23.7. The Bertz CT molecular complexity index is 1180. The van der Waals surface area contributed by atoms with Gasteiger partial charge in [0.15, 0.2) is 0 Å². The molecule has 0 aromatic heterocycles. The SMILES string of the molecule is O=C1CCC(N2Cc3c(SCc4ccc(CCN[C@H]5CC6CCC5C6)cc4)cccc3C2=O)C(=O)N1. The molecule has 36 heavy (non-hydrogen) atoms. The fraction of sp³-hybridized carbons (Fsp3) is 0.483. The molecule has 7 heteroatoms. The molecule has 3 unspecified atom stereocenters. The van der Waals surface area contributed by atoms with Crippen molar-refractivity contribution in [3.8, 4) is 0 Å². The second kappa shape index (κ2) is 10.0. The van der Waals surface area contributed by atoms with Crippen molar-refractivity contribution in [2.45, 2.75) is 74.2 Å². The Kier molecular flexibility index (Phi) is 6.61. The normalized spacial score (nSPS) is 27.0. The number of thioether (sulfide) groups is 1. The van der Waals surface area contributed by atoms with Gasteiger partial charge in [-0.3, -0.25) is 19.7 Å². The van der Waals surface area contributed by atoms with Gasteiger partial charge in [0.25, 0.3) is 5.91 Å². The zero-order valence-corrected chi connectivity index (χ0v) is 21.3. The van der Waals surface area contributed by atoms with Crippen LogP contribution in [0.25, 0.3) is 0 Å². The molecule has 1 saturated heterocycles. The van der Waals surface area contributed by atoms with E-state index in [4.69, 9.17) is 0 Å². The number of carbonyl (C=O) groups is 3. The number of fused-ring (bicyclic) bond motifs is 3. The molecule has 188 valence electrons. The number of nitrogens with zero attached hydrogens (tertiary/aromatic N) is 1. The molecule has 2 N–H and O–H groups in total. The average molecular weight is 504 g/mol. The van der Waals surface area contributed by atoms with Gasteiger partial charge in [0, 0.05) is 35.2 Å². The summed E-state index contributed by atoms with van der Waals surface area (Å²) in [6, 6.07) is 14.9. The molecular formula is C29H33N3O3S. The lowest BCUT2D eigenvalue weighted by Gasteiger charge is -2.29. The van der Waals surface area contributed by atoms with E-state index < -0.39 is 6.04 Å². The Morgan fingerprint density at radius 1 is 0.972 bits per heavy atom. The Morgan fingerprint density at radius 2 is 1.81 bits per heavy atom. The first-order chi connectivity index (χ1) is 17.5. The third-order valence-corrected chi connectivity index (χ3v) is 9.69. The van der Waals surface area contributed by atoms with Gasteiger partial charge in [-0.1, -0.05) is 36.8 Å². The third kappa shape index (κ3) is 4.71. The van der Waals surface area contributed by atoms with Gasteiger partial charge in [0.05, 0.1) is 0 Å². The van der Waals surface area contributed by atoms with Crippen LogP contribution in [-0.4, -0.2) is 41.2 Å². The third-order valence-electron chi connectivity index (χ3n) is 8.51. The van der Waals surface area contributed by atoms with Crippen LogP contribution in [0.15, 0.2) is 47.4 Å². The van der Waals surface area contributed by atoms with E-state index in [1.165, 1.54) is 36.8 Å². The molecule has 0 radical (unpaired) electrons. The van der Waals surface area contributed by atoms with Gasteiger partial charge < -0.3 is 10.2 Å². The minimum absolute atomic E-state index is 0.120. The van der Waals surface area contributed by atoms with Crippen LogP contribution in [0, 0.1) is 11.8 Å². The van der Waals surface area contributed by atoms with Crippen molar-refractivity contribution in [2.75, 3.05) is 6.54 Å². The molecule has 0 spiro atoms. The second-order valence-corrected chi connectivity index (χ2v) is 11.8. The number of benzene rings is 2. The monoisotopic (exact) mass is 503 g/mol. The summed E-state index contributed by atoms with van der Waals surface area (Å²) in [5.74, 6) is 1.97. The number of rotatable bonds is 8. The Balaban J connectivity index is 1.03. The highest BCUT2D eigenvalue weighted by Gasteiger charge is 2.40. The minimum Gasteiger partial charge on any atom is -0.322 e. The molecule has 2 heterocycles. The van der Waals surface area contributed by atoms with E-state index in [0.717, 1.165) is 47.1 Å². The van der Waals surface area contributed by atoms with Gasteiger partial charge in [0.1, 0.15) is 6.04 Å². The summed E-state index contributed by atoms with van der Waals surface area (Å²) in [6.45, 7) is 1.47. The van der Waals surface area contributed by atoms with E-state index in [1.54, 1.807) is 16.7 Å². The molecular weight excluding hydrogens is 470 g/mol. The van der Waals surface area contributed by atoms with Crippen LogP contribution in [0.5, 0.6) is 0 Å². The first-order valence-corrected chi connectivity index (χ1v) is 14.2. The molecule has 3 amide bonds. The van der Waals surface area contributed by atoms with E-state index in [0.29, 0.717) is 18.5 Å². The Hall–Kier alpha value is -2.64. The number of hydrogen-bond donors (Lipinski definition) is 2. The van der Waals surface area contributed by atoms with Crippen molar-refractivity contribution in [1.29, 1.82) is 0 Å². The lowest BCUT2D eigenvalue weighted by molar-refractivity contribution is -0.136. The van der Waals surface area contributed by atoms with Gasteiger partial charge in [0.2, 0.25) is 11.8 Å². The fourth-order valence-electron chi connectivity index (χ4n) is 6.55. The van der Waals surface area contributed by atoms with Crippen LogP contribution in [0.1, 0.15) is 65.6 Å². The number of hydrogen-bond acceptors (Lipinski definition) is 5. The molecule has 6 rings (SSSR count). The van der Waals surface area contributed by atoms with Gasteiger partial charge in [-0.15, -0.1) is 11.8 Å². The molecule has 2 aromatic rings. The van der Waals surface area contributed by atoms with Gasteiger partial charge in [-0.2, -0.15) is 0 Å². The zero-order valence-electron chi connectivity index (χ0n) is 20.5. The van der Waals surface area contributed by atoms with Gasteiger partial charge in [-0.25, -0.2) is 0 Å². The van der Waals surface area contributed by atoms with Crippen molar-refractivity contribution in [3.63, 3.8) is 0 Å². The Morgan fingerprint density at radius 3 is 2.56 bits per heavy atom. The van der Waals surface area contributed by atoms with E-state index in [-0.39, 0.29) is 24.1 Å². The van der Waals surface area contributed by atoms with E-state index in [9.17, 15) is 14.4 Å².